The van der Waals surface area contributed by atoms with E-state index in [-0.39, 0.29) is 5.54 Å². The van der Waals surface area contributed by atoms with Gasteiger partial charge in [-0.1, -0.05) is 24.3 Å². The molecule has 1 aliphatic rings. The second-order valence-electron chi connectivity index (χ2n) is 5.00. The van der Waals surface area contributed by atoms with E-state index >= 15 is 0 Å². The lowest BCUT2D eigenvalue weighted by Gasteiger charge is -2.08. The first-order valence-electron chi connectivity index (χ1n) is 6.04. The number of hydrogen-bond acceptors (Lipinski definition) is 2. The van der Waals surface area contributed by atoms with Gasteiger partial charge in [0, 0.05) is 5.56 Å². The Bertz CT molecular complexity index is 446. The van der Waals surface area contributed by atoms with Gasteiger partial charge in [0.15, 0.2) is 0 Å². The number of aliphatic imine (C=N–C) groups is 1. The number of aryl methyl sites for hydroxylation is 1. The third-order valence-corrected chi connectivity index (χ3v) is 2.83. The van der Waals surface area contributed by atoms with E-state index in [1.165, 1.54) is 5.56 Å². The molecule has 17 heavy (non-hydrogen) atoms. The number of benzene rings is 1. The van der Waals surface area contributed by atoms with Crippen molar-refractivity contribution < 1.29 is 4.74 Å². The van der Waals surface area contributed by atoms with Crippen LogP contribution in [-0.2, 0) is 11.2 Å². The number of allylic oxidation sites excluding steroid dienone is 1. The van der Waals surface area contributed by atoms with Crippen molar-refractivity contribution >= 4 is 5.90 Å². The summed E-state index contributed by atoms with van der Waals surface area (Å²) in [5, 5.41) is 0. The Hall–Kier alpha value is -1.57. The molecule has 1 aliphatic heterocycles. The Labute approximate surface area is 103 Å². The molecule has 2 rings (SSSR count). The molecule has 0 amide bonds. The fraction of sp³-hybridized carbons (Fsp3) is 0.400. The molecule has 0 N–H and O–H groups in total. The van der Waals surface area contributed by atoms with Crippen LogP contribution in [0, 0.1) is 0 Å². The van der Waals surface area contributed by atoms with Crippen molar-refractivity contribution in [1.82, 2.24) is 0 Å². The van der Waals surface area contributed by atoms with E-state index in [0.29, 0.717) is 6.61 Å². The minimum atomic E-state index is -0.0963. The smallest absolute Gasteiger partial charge is 0.217 e. The zero-order valence-corrected chi connectivity index (χ0v) is 10.6. The van der Waals surface area contributed by atoms with Gasteiger partial charge in [-0.25, -0.2) is 4.99 Å². The summed E-state index contributed by atoms with van der Waals surface area (Å²) in [6, 6.07) is 8.31. The van der Waals surface area contributed by atoms with Gasteiger partial charge >= 0.3 is 0 Å². The van der Waals surface area contributed by atoms with Crippen molar-refractivity contribution in [3.8, 4) is 0 Å². The SMILES string of the molecule is C=CCCc1ccccc1C1=NC(C)(C)CO1. The highest BCUT2D eigenvalue weighted by atomic mass is 16.5. The molecular formula is C15H19NO. The predicted molar refractivity (Wildman–Crippen MR) is 71.5 cm³/mol. The molecule has 0 aliphatic carbocycles. The largest absolute Gasteiger partial charge is 0.475 e. The summed E-state index contributed by atoms with van der Waals surface area (Å²) < 4.78 is 5.70. The predicted octanol–water partition coefficient (Wildman–Crippen LogP) is 3.36. The maximum Gasteiger partial charge on any atom is 0.217 e. The van der Waals surface area contributed by atoms with Crippen molar-refractivity contribution in [2.75, 3.05) is 6.61 Å². The molecule has 0 radical (unpaired) electrons. The molecule has 1 aromatic carbocycles. The summed E-state index contributed by atoms with van der Waals surface area (Å²) in [6.45, 7) is 8.61. The van der Waals surface area contributed by atoms with E-state index in [4.69, 9.17) is 4.74 Å². The van der Waals surface area contributed by atoms with Gasteiger partial charge in [-0.2, -0.15) is 0 Å². The van der Waals surface area contributed by atoms with Crippen molar-refractivity contribution in [1.29, 1.82) is 0 Å². The second-order valence-corrected chi connectivity index (χ2v) is 5.00. The Kier molecular flexibility index (Phi) is 3.32. The summed E-state index contributed by atoms with van der Waals surface area (Å²) in [7, 11) is 0. The van der Waals surface area contributed by atoms with Crippen LogP contribution in [0.25, 0.3) is 0 Å². The van der Waals surface area contributed by atoms with Crippen LogP contribution in [0.2, 0.25) is 0 Å². The zero-order chi connectivity index (χ0) is 12.3. The van der Waals surface area contributed by atoms with Gasteiger partial charge in [0.25, 0.3) is 0 Å². The van der Waals surface area contributed by atoms with Crippen LogP contribution in [0.3, 0.4) is 0 Å². The number of nitrogens with zero attached hydrogens (tertiary/aromatic N) is 1. The van der Waals surface area contributed by atoms with Crippen LogP contribution in [0.5, 0.6) is 0 Å². The summed E-state index contributed by atoms with van der Waals surface area (Å²) in [5.41, 5.74) is 2.31. The first-order valence-corrected chi connectivity index (χ1v) is 6.04. The van der Waals surface area contributed by atoms with Crippen molar-refractivity contribution in [2.24, 2.45) is 4.99 Å². The van der Waals surface area contributed by atoms with Gasteiger partial charge in [0.1, 0.15) is 6.61 Å². The van der Waals surface area contributed by atoms with Crippen LogP contribution < -0.4 is 0 Å². The first kappa shape index (κ1) is 11.9. The maximum absolute atomic E-state index is 5.70. The molecule has 1 aromatic rings. The van der Waals surface area contributed by atoms with E-state index in [0.717, 1.165) is 24.3 Å². The van der Waals surface area contributed by atoms with Crippen LogP contribution in [0.1, 0.15) is 31.4 Å². The number of ether oxygens (including phenoxy) is 1. The van der Waals surface area contributed by atoms with E-state index in [2.05, 4.69) is 43.6 Å². The molecule has 1 heterocycles. The lowest BCUT2D eigenvalue weighted by molar-refractivity contribution is 0.279. The van der Waals surface area contributed by atoms with Gasteiger partial charge < -0.3 is 4.74 Å². The third kappa shape index (κ3) is 2.76. The van der Waals surface area contributed by atoms with Crippen LogP contribution in [-0.4, -0.2) is 18.0 Å². The molecule has 0 aromatic heterocycles. The Morgan fingerprint density at radius 2 is 2.18 bits per heavy atom. The Balaban J connectivity index is 2.29. The summed E-state index contributed by atoms with van der Waals surface area (Å²) in [4.78, 5) is 4.63. The van der Waals surface area contributed by atoms with Gasteiger partial charge in [-0.3, -0.25) is 0 Å². The Morgan fingerprint density at radius 3 is 2.82 bits per heavy atom. The highest BCUT2D eigenvalue weighted by molar-refractivity contribution is 5.96. The normalized spacial score (nSPS) is 17.4. The number of hydrogen-bond donors (Lipinski definition) is 0. The highest BCUT2D eigenvalue weighted by Gasteiger charge is 2.27. The third-order valence-electron chi connectivity index (χ3n) is 2.83. The fourth-order valence-corrected chi connectivity index (χ4v) is 1.93. The minimum absolute atomic E-state index is 0.0963. The van der Waals surface area contributed by atoms with Crippen molar-refractivity contribution in [3.63, 3.8) is 0 Å². The molecule has 0 atom stereocenters. The zero-order valence-electron chi connectivity index (χ0n) is 10.6. The molecular weight excluding hydrogens is 210 g/mol. The molecule has 2 nitrogen and oxygen atoms in total. The molecule has 0 saturated carbocycles. The molecule has 0 unspecified atom stereocenters. The standard InChI is InChI=1S/C15H19NO/c1-4-5-8-12-9-6-7-10-13(12)14-16-15(2,3)11-17-14/h4,6-7,9-10H,1,5,8,11H2,2-3H3. The van der Waals surface area contributed by atoms with Crippen molar-refractivity contribution in [2.45, 2.75) is 32.2 Å². The van der Waals surface area contributed by atoms with E-state index in [1.54, 1.807) is 0 Å². The van der Waals surface area contributed by atoms with Gasteiger partial charge in [0.05, 0.1) is 5.54 Å². The monoisotopic (exact) mass is 229 g/mol. The lowest BCUT2D eigenvalue weighted by Crippen LogP contribution is -2.17. The van der Waals surface area contributed by atoms with Gasteiger partial charge in [0.2, 0.25) is 5.90 Å². The first-order chi connectivity index (χ1) is 8.12. The van der Waals surface area contributed by atoms with Crippen molar-refractivity contribution in [3.05, 3.63) is 48.0 Å². The maximum atomic E-state index is 5.70. The van der Waals surface area contributed by atoms with Crippen LogP contribution >= 0.6 is 0 Å². The van der Waals surface area contributed by atoms with Gasteiger partial charge in [-0.15, -0.1) is 6.58 Å². The summed E-state index contributed by atoms with van der Waals surface area (Å²) in [5.74, 6) is 0.787. The highest BCUT2D eigenvalue weighted by Crippen LogP contribution is 2.23. The van der Waals surface area contributed by atoms with Crippen LogP contribution in [0.15, 0.2) is 41.9 Å². The molecule has 0 saturated heterocycles. The molecule has 0 fully saturated rings. The topological polar surface area (TPSA) is 21.6 Å². The van der Waals surface area contributed by atoms with E-state index < -0.39 is 0 Å². The van der Waals surface area contributed by atoms with E-state index in [1.807, 2.05) is 12.1 Å². The molecule has 0 bridgehead atoms. The Morgan fingerprint density at radius 1 is 1.41 bits per heavy atom. The molecule has 2 heteroatoms. The second kappa shape index (κ2) is 4.74. The fourth-order valence-electron chi connectivity index (χ4n) is 1.93. The average Bonchev–Trinajstić information content (AvgIpc) is 2.67. The van der Waals surface area contributed by atoms with Crippen LogP contribution in [0.4, 0.5) is 0 Å². The summed E-state index contributed by atoms with van der Waals surface area (Å²) >= 11 is 0. The van der Waals surface area contributed by atoms with E-state index in [9.17, 15) is 0 Å². The quantitative estimate of drug-likeness (QED) is 0.725. The average molecular weight is 229 g/mol. The molecule has 0 spiro atoms. The van der Waals surface area contributed by atoms with Gasteiger partial charge in [-0.05, 0) is 38.3 Å². The minimum Gasteiger partial charge on any atom is -0.475 e. The molecule has 90 valence electrons. The number of rotatable bonds is 4. The lowest BCUT2D eigenvalue weighted by atomic mass is 10.0. The summed E-state index contributed by atoms with van der Waals surface area (Å²) in [6.07, 6.45) is 3.91.